The fourth-order valence-electron chi connectivity index (χ4n) is 2.97. The first-order valence-corrected chi connectivity index (χ1v) is 9.73. The lowest BCUT2D eigenvalue weighted by atomic mass is 10.2. The minimum absolute atomic E-state index is 0.0897. The maximum absolute atomic E-state index is 12.5. The van der Waals surface area contributed by atoms with E-state index in [-0.39, 0.29) is 5.91 Å². The van der Waals surface area contributed by atoms with Crippen molar-refractivity contribution in [1.29, 1.82) is 0 Å². The molecular formula is C22H20N2O2S. The molecule has 0 aliphatic rings. The number of carbonyl (C=O) groups is 1. The molecule has 0 radical (unpaired) electrons. The second kappa shape index (κ2) is 7.76. The van der Waals surface area contributed by atoms with E-state index in [9.17, 15) is 4.79 Å². The number of hydrogen-bond donors (Lipinski definition) is 0. The van der Waals surface area contributed by atoms with Crippen molar-refractivity contribution < 1.29 is 9.21 Å². The third-order valence-electron chi connectivity index (χ3n) is 4.44. The summed E-state index contributed by atoms with van der Waals surface area (Å²) < 4.78 is 7.03. The minimum atomic E-state index is 0.0897. The highest BCUT2D eigenvalue weighted by Crippen LogP contribution is 2.24. The van der Waals surface area contributed by atoms with E-state index in [1.165, 1.54) is 0 Å². The largest absolute Gasteiger partial charge is 0.461 e. The van der Waals surface area contributed by atoms with E-state index in [4.69, 9.17) is 4.42 Å². The Labute approximate surface area is 162 Å². The highest BCUT2D eigenvalue weighted by molar-refractivity contribution is 7.18. The summed E-state index contributed by atoms with van der Waals surface area (Å²) in [6.07, 6.45) is 1.01. The second-order valence-corrected chi connectivity index (χ2v) is 7.57. The number of aryl methyl sites for hydroxylation is 1. The summed E-state index contributed by atoms with van der Waals surface area (Å²) >= 11 is 1.63. The normalized spacial score (nSPS) is 11.0. The number of thiazole rings is 1. The van der Waals surface area contributed by atoms with Gasteiger partial charge in [-0.25, -0.2) is 4.98 Å². The van der Waals surface area contributed by atoms with Crippen molar-refractivity contribution in [2.75, 3.05) is 7.05 Å². The zero-order valence-corrected chi connectivity index (χ0v) is 15.9. The standard InChI is InChI=1S/C22H20N2O2S/c1-24(15-21-23-18-9-5-6-10-20(18)27-21)22(25)14-12-17-11-13-19(26-17)16-7-3-2-4-8-16/h2-11,13H,12,14-15H2,1H3. The quantitative estimate of drug-likeness (QED) is 0.468. The zero-order chi connectivity index (χ0) is 18.6. The number of rotatable bonds is 6. The minimum Gasteiger partial charge on any atom is -0.461 e. The number of aromatic nitrogens is 1. The molecule has 2 heterocycles. The molecule has 27 heavy (non-hydrogen) atoms. The maximum atomic E-state index is 12.5. The van der Waals surface area contributed by atoms with Crippen molar-refractivity contribution in [2.45, 2.75) is 19.4 Å². The number of furan rings is 1. The molecule has 4 rings (SSSR count). The van der Waals surface area contributed by atoms with Crippen molar-refractivity contribution in [3.8, 4) is 11.3 Å². The van der Waals surface area contributed by atoms with Gasteiger partial charge in [0.2, 0.25) is 5.91 Å². The van der Waals surface area contributed by atoms with Gasteiger partial charge in [-0.1, -0.05) is 42.5 Å². The van der Waals surface area contributed by atoms with Gasteiger partial charge in [0, 0.05) is 25.5 Å². The van der Waals surface area contributed by atoms with E-state index in [1.807, 2.05) is 67.7 Å². The smallest absolute Gasteiger partial charge is 0.223 e. The Balaban J connectivity index is 1.34. The molecule has 0 spiro atoms. The molecule has 136 valence electrons. The lowest BCUT2D eigenvalue weighted by Crippen LogP contribution is -2.26. The molecule has 4 aromatic rings. The number of para-hydroxylation sites is 1. The molecule has 0 bridgehead atoms. The predicted octanol–water partition coefficient (Wildman–Crippen LogP) is 5.15. The Hall–Kier alpha value is -2.92. The summed E-state index contributed by atoms with van der Waals surface area (Å²) in [7, 11) is 1.83. The topological polar surface area (TPSA) is 46.3 Å². The van der Waals surface area contributed by atoms with Crippen LogP contribution in [0, 0.1) is 0 Å². The average Bonchev–Trinajstić information content (AvgIpc) is 3.33. The van der Waals surface area contributed by atoms with Crippen molar-refractivity contribution in [2.24, 2.45) is 0 Å². The van der Waals surface area contributed by atoms with Gasteiger partial charge in [-0.3, -0.25) is 4.79 Å². The predicted molar refractivity (Wildman–Crippen MR) is 109 cm³/mol. The number of carbonyl (C=O) groups excluding carboxylic acids is 1. The van der Waals surface area contributed by atoms with Gasteiger partial charge in [0.15, 0.2) is 0 Å². The van der Waals surface area contributed by atoms with Crippen LogP contribution in [0.1, 0.15) is 17.2 Å². The fraction of sp³-hybridized carbons (Fsp3) is 0.182. The first-order valence-electron chi connectivity index (χ1n) is 8.91. The number of fused-ring (bicyclic) bond motifs is 1. The van der Waals surface area contributed by atoms with Crippen LogP contribution in [0.3, 0.4) is 0 Å². The van der Waals surface area contributed by atoms with Gasteiger partial charge in [-0.05, 0) is 24.3 Å². The summed E-state index contributed by atoms with van der Waals surface area (Å²) in [6, 6.07) is 21.9. The highest BCUT2D eigenvalue weighted by Gasteiger charge is 2.13. The summed E-state index contributed by atoms with van der Waals surface area (Å²) in [4.78, 5) is 18.8. The molecule has 2 aromatic carbocycles. The van der Waals surface area contributed by atoms with E-state index in [0.717, 1.165) is 32.3 Å². The van der Waals surface area contributed by atoms with Crippen molar-refractivity contribution in [1.82, 2.24) is 9.88 Å². The fourth-order valence-corrected chi connectivity index (χ4v) is 3.99. The zero-order valence-electron chi connectivity index (χ0n) is 15.1. The summed E-state index contributed by atoms with van der Waals surface area (Å²) in [5.74, 6) is 1.75. The van der Waals surface area contributed by atoms with E-state index in [1.54, 1.807) is 16.2 Å². The monoisotopic (exact) mass is 376 g/mol. The Morgan fingerprint density at radius 1 is 1.04 bits per heavy atom. The number of benzene rings is 2. The molecule has 0 aliphatic heterocycles. The first-order chi connectivity index (χ1) is 13.2. The molecule has 2 aromatic heterocycles. The lowest BCUT2D eigenvalue weighted by molar-refractivity contribution is -0.130. The highest BCUT2D eigenvalue weighted by atomic mass is 32.1. The first kappa shape index (κ1) is 17.5. The molecule has 4 nitrogen and oxygen atoms in total. The Kier molecular flexibility index (Phi) is 5.03. The van der Waals surface area contributed by atoms with E-state index >= 15 is 0 Å². The number of amides is 1. The average molecular weight is 376 g/mol. The van der Waals surface area contributed by atoms with Gasteiger partial charge in [0.25, 0.3) is 0 Å². The third kappa shape index (κ3) is 4.09. The van der Waals surface area contributed by atoms with Crippen molar-refractivity contribution in [3.63, 3.8) is 0 Å². The van der Waals surface area contributed by atoms with Crippen LogP contribution in [-0.2, 0) is 17.8 Å². The molecular weight excluding hydrogens is 356 g/mol. The molecule has 0 saturated carbocycles. The van der Waals surface area contributed by atoms with Crippen LogP contribution in [0.15, 0.2) is 71.1 Å². The molecule has 5 heteroatoms. The summed E-state index contributed by atoms with van der Waals surface area (Å²) in [6.45, 7) is 0.533. The van der Waals surface area contributed by atoms with Crippen molar-refractivity contribution in [3.05, 3.63) is 77.5 Å². The number of hydrogen-bond acceptors (Lipinski definition) is 4. The van der Waals surface area contributed by atoms with Crippen LogP contribution in [0.2, 0.25) is 0 Å². The Morgan fingerprint density at radius 2 is 1.81 bits per heavy atom. The van der Waals surface area contributed by atoms with E-state index < -0.39 is 0 Å². The van der Waals surface area contributed by atoms with Gasteiger partial charge in [0.1, 0.15) is 16.5 Å². The summed E-state index contributed by atoms with van der Waals surface area (Å²) in [5.41, 5.74) is 2.03. The van der Waals surface area contributed by atoms with E-state index in [2.05, 4.69) is 11.1 Å². The van der Waals surface area contributed by atoms with Crippen LogP contribution in [0.25, 0.3) is 21.5 Å². The SMILES string of the molecule is CN(Cc1nc2ccccc2s1)C(=O)CCc1ccc(-c2ccccc2)o1. The second-order valence-electron chi connectivity index (χ2n) is 6.46. The van der Waals surface area contributed by atoms with Crippen molar-refractivity contribution >= 4 is 27.5 Å². The van der Waals surface area contributed by atoms with Gasteiger partial charge < -0.3 is 9.32 Å². The van der Waals surface area contributed by atoms with E-state index in [0.29, 0.717) is 19.4 Å². The molecule has 0 N–H and O–H groups in total. The third-order valence-corrected chi connectivity index (χ3v) is 5.46. The lowest BCUT2D eigenvalue weighted by Gasteiger charge is -2.15. The van der Waals surface area contributed by atoms with Gasteiger partial charge in [-0.2, -0.15) is 0 Å². The molecule has 0 aliphatic carbocycles. The van der Waals surface area contributed by atoms with Gasteiger partial charge in [-0.15, -0.1) is 11.3 Å². The Morgan fingerprint density at radius 3 is 2.63 bits per heavy atom. The molecule has 0 fully saturated rings. The van der Waals surface area contributed by atoms with Crippen LogP contribution < -0.4 is 0 Å². The molecule has 0 saturated heterocycles. The maximum Gasteiger partial charge on any atom is 0.223 e. The molecule has 0 atom stereocenters. The van der Waals surface area contributed by atoms with Crippen LogP contribution in [-0.4, -0.2) is 22.8 Å². The van der Waals surface area contributed by atoms with Crippen LogP contribution in [0.5, 0.6) is 0 Å². The molecule has 1 amide bonds. The Bertz CT molecular complexity index is 1020. The summed E-state index contributed by atoms with van der Waals surface area (Å²) in [5, 5.41) is 0.955. The van der Waals surface area contributed by atoms with Crippen LogP contribution in [0.4, 0.5) is 0 Å². The van der Waals surface area contributed by atoms with Gasteiger partial charge >= 0.3 is 0 Å². The van der Waals surface area contributed by atoms with Gasteiger partial charge in [0.05, 0.1) is 16.8 Å². The van der Waals surface area contributed by atoms with Crippen LogP contribution >= 0.6 is 11.3 Å². The molecule has 0 unspecified atom stereocenters. The number of nitrogens with zero attached hydrogens (tertiary/aromatic N) is 2.